The molecule has 0 fully saturated rings. The molecule has 0 saturated carbocycles. The number of para-hydroxylation sites is 4. The lowest BCUT2D eigenvalue weighted by Gasteiger charge is -2.16. The number of nitriles is 2. The Kier molecular flexibility index (Phi) is 5.22. The van der Waals surface area contributed by atoms with Crippen LogP contribution in [0.3, 0.4) is 0 Å². The van der Waals surface area contributed by atoms with Crippen LogP contribution in [0.5, 0.6) is 0 Å². The van der Waals surface area contributed by atoms with Gasteiger partial charge in [0.1, 0.15) is 0 Å². The molecule has 0 spiro atoms. The molecule has 0 bridgehead atoms. The minimum Gasteiger partial charge on any atom is -0.307 e. The van der Waals surface area contributed by atoms with Crippen molar-refractivity contribution in [2.24, 2.45) is 0 Å². The van der Waals surface area contributed by atoms with Crippen LogP contribution < -0.4 is 0 Å². The van der Waals surface area contributed by atoms with Crippen LogP contribution in [0.2, 0.25) is 0 Å². The lowest BCUT2D eigenvalue weighted by Crippen LogP contribution is -2.02. The van der Waals surface area contributed by atoms with Gasteiger partial charge >= 0.3 is 0 Å². The van der Waals surface area contributed by atoms with Crippen molar-refractivity contribution in [2.45, 2.75) is 0 Å². The quantitative estimate of drug-likeness (QED) is 0.227. The Bertz CT molecular complexity index is 2340. The standard InChI is InChI=1S/C38H22N4/c39-23-26-21-28(22-27(24-40)37(26)25-11-2-1-3-12-25)41-33-17-7-6-15-31(33)32-16-10-20-36(38(32)41)42-34-18-8-4-13-29(34)30-14-5-9-19-35(30)42/h1-22H. The summed E-state index contributed by atoms with van der Waals surface area (Å²) in [6, 6.07) is 50.0. The molecule has 4 nitrogen and oxygen atoms in total. The van der Waals surface area contributed by atoms with Crippen molar-refractivity contribution in [1.82, 2.24) is 9.13 Å². The largest absolute Gasteiger partial charge is 0.307 e. The smallest absolute Gasteiger partial charge is 0.0999 e. The van der Waals surface area contributed by atoms with Crippen LogP contribution in [0.1, 0.15) is 11.1 Å². The fourth-order valence-corrected chi connectivity index (χ4v) is 6.48. The van der Waals surface area contributed by atoms with Crippen LogP contribution in [0.15, 0.2) is 133 Å². The van der Waals surface area contributed by atoms with Crippen molar-refractivity contribution in [2.75, 3.05) is 0 Å². The third-order valence-corrected chi connectivity index (χ3v) is 8.18. The Hall–Kier alpha value is -6.10. The van der Waals surface area contributed by atoms with Gasteiger partial charge in [0.15, 0.2) is 0 Å². The van der Waals surface area contributed by atoms with Crippen LogP contribution in [-0.2, 0) is 0 Å². The van der Waals surface area contributed by atoms with Gasteiger partial charge in [0.25, 0.3) is 0 Å². The Morgan fingerprint density at radius 2 is 0.929 bits per heavy atom. The van der Waals surface area contributed by atoms with Gasteiger partial charge in [0, 0.05) is 32.8 Å². The van der Waals surface area contributed by atoms with Crippen molar-refractivity contribution in [1.29, 1.82) is 10.5 Å². The molecule has 194 valence electrons. The highest BCUT2D eigenvalue weighted by Crippen LogP contribution is 2.40. The lowest BCUT2D eigenvalue weighted by molar-refractivity contribution is 1.13. The molecule has 8 aromatic rings. The molecule has 8 rings (SSSR count). The van der Waals surface area contributed by atoms with E-state index in [-0.39, 0.29) is 0 Å². The van der Waals surface area contributed by atoms with E-state index in [1.165, 1.54) is 10.8 Å². The first-order valence-electron chi connectivity index (χ1n) is 13.8. The average Bonchev–Trinajstić information content (AvgIpc) is 3.58. The maximum absolute atomic E-state index is 10.3. The van der Waals surface area contributed by atoms with Crippen LogP contribution in [0, 0.1) is 22.7 Å². The zero-order chi connectivity index (χ0) is 28.2. The van der Waals surface area contributed by atoms with Gasteiger partial charge < -0.3 is 9.13 Å². The molecule has 0 N–H and O–H groups in total. The molecule has 0 atom stereocenters. The number of nitrogens with zero attached hydrogens (tertiary/aromatic N) is 4. The molecular formula is C38H22N4. The average molecular weight is 535 g/mol. The zero-order valence-corrected chi connectivity index (χ0v) is 22.5. The Morgan fingerprint density at radius 3 is 1.50 bits per heavy atom. The molecule has 0 saturated heterocycles. The maximum atomic E-state index is 10.3. The molecule has 0 aliphatic rings. The predicted octanol–water partition coefficient (Wildman–Crippen LogP) is 9.29. The monoisotopic (exact) mass is 534 g/mol. The van der Waals surface area contributed by atoms with E-state index < -0.39 is 0 Å². The second-order valence-electron chi connectivity index (χ2n) is 10.4. The van der Waals surface area contributed by atoms with Crippen molar-refractivity contribution < 1.29 is 0 Å². The van der Waals surface area contributed by atoms with Crippen molar-refractivity contribution >= 4 is 43.6 Å². The topological polar surface area (TPSA) is 57.4 Å². The van der Waals surface area contributed by atoms with E-state index in [9.17, 15) is 10.5 Å². The fourth-order valence-electron chi connectivity index (χ4n) is 6.48. The summed E-state index contributed by atoms with van der Waals surface area (Å²) in [6.45, 7) is 0. The number of aromatic nitrogens is 2. The highest BCUT2D eigenvalue weighted by Gasteiger charge is 2.21. The van der Waals surface area contributed by atoms with Gasteiger partial charge in [0.2, 0.25) is 0 Å². The molecule has 4 heteroatoms. The Morgan fingerprint density at radius 1 is 0.452 bits per heavy atom. The molecule has 6 aromatic carbocycles. The van der Waals surface area contributed by atoms with E-state index in [0.717, 1.165) is 49.8 Å². The molecule has 0 unspecified atom stereocenters. The summed E-state index contributed by atoms with van der Waals surface area (Å²) in [4.78, 5) is 0. The number of fused-ring (bicyclic) bond motifs is 6. The first-order chi connectivity index (χ1) is 20.8. The zero-order valence-electron chi connectivity index (χ0n) is 22.5. The second-order valence-corrected chi connectivity index (χ2v) is 10.4. The third kappa shape index (κ3) is 3.33. The predicted molar refractivity (Wildman–Crippen MR) is 170 cm³/mol. The van der Waals surface area contributed by atoms with E-state index in [0.29, 0.717) is 16.7 Å². The van der Waals surface area contributed by atoms with Crippen molar-refractivity contribution in [3.05, 3.63) is 145 Å². The van der Waals surface area contributed by atoms with E-state index in [1.54, 1.807) is 0 Å². The minimum atomic E-state index is 0.468. The SMILES string of the molecule is N#Cc1cc(-n2c3ccccc3c3cccc(-n4c5ccccc5c5ccccc54)c32)cc(C#N)c1-c1ccccc1. The van der Waals surface area contributed by atoms with Gasteiger partial charge in [-0.1, -0.05) is 97.1 Å². The molecule has 0 amide bonds. The molecule has 0 radical (unpaired) electrons. The molecule has 0 aliphatic carbocycles. The summed E-state index contributed by atoms with van der Waals surface area (Å²) in [7, 11) is 0. The maximum Gasteiger partial charge on any atom is 0.0999 e. The summed E-state index contributed by atoms with van der Waals surface area (Å²) >= 11 is 0. The number of hydrogen-bond donors (Lipinski definition) is 0. The van der Waals surface area contributed by atoms with Gasteiger partial charge in [-0.2, -0.15) is 10.5 Å². The second kappa shape index (κ2) is 9.24. The van der Waals surface area contributed by atoms with Gasteiger partial charge in [-0.05, 0) is 42.0 Å². The summed E-state index contributed by atoms with van der Waals surface area (Å²) in [5, 5.41) is 25.2. The van der Waals surface area contributed by atoms with Crippen molar-refractivity contribution in [3.63, 3.8) is 0 Å². The van der Waals surface area contributed by atoms with Gasteiger partial charge in [-0.3, -0.25) is 0 Å². The first-order valence-corrected chi connectivity index (χ1v) is 13.8. The Labute approximate surface area is 242 Å². The summed E-state index contributed by atoms with van der Waals surface area (Å²) in [6.07, 6.45) is 0. The third-order valence-electron chi connectivity index (χ3n) is 8.18. The van der Waals surface area contributed by atoms with E-state index in [2.05, 4.69) is 106 Å². The van der Waals surface area contributed by atoms with Gasteiger partial charge in [-0.25, -0.2) is 0 Å². The van der Waals surface area contributed by atoms with Crippen LogP contribution in [0.25, 0.3) is 66.1 Å². The fraction of sp³-hybridized carbons (Fsp3) is 0. The molecule has 2 heterocycles. The van der Waals surface area contributed by atoms with Crippen LogP contribution >= 0.6 is 0 Å². The van der Waals surface area contributed by atoms with Crippen LogP contribution in [-0.4, -0.2) is 9.13 Å². The van der Waals surface area contributed by atoms with E-state index in [4.69, 9.17) is 0 Å². The van der Waals surface area contributed by atoms with Gasteiger partial charge in [-0.15, -0.1) is 0 Å². The minimum absolute atomic E-state index is 0.468. The molecule has 2 aromatic heterocycles. The summed E-state index contributed by atoms with van der Waals surface area (Å²) < 4.78 is 4.54. The molecule has 0 aliphatic heterocycles. The van der Waals surface area contributed by atoms with E-state index in [1.807, 2.05) is 48.5 Å². The summed E-state index contributed by atoms with van der Waals surface area (Å²) in [5.41, 5.74) is 8.54. The highest BCUT2D eigenvalue weighted by molar-refractivity contribution is 6.15. The Balaban J connectivity index is 1.53. The van der Waals surface area contributed by atoms with Crippen LogP contribution in [0.4, 0.5) is 0 Å². The van der Waals surface area contributed by atoms with Gasteiger partial charge in [0.05, 0.1) is 51.0 Å². The lowest BCUT2D eigenvalue weighted by atomic mass is 9.94. The number of rotatable bonds is 3. The summed E-state index contributed by atoms with van der Waals surface area (Å²) in [5.74, 6) is 0. The number of benzene rings is 6. The van der Waals surface area contributed by atoms with Crippen molar-refractivity contribution in [3.8, 4) is 34.6 Å². The molecular weight excluding hydrogens is 512 g/mol. The van der Waals surface area contributed by atoms with E-state index >= 15 is 0 Å². The number of hydrogen-bond acceptors (Lipinski definition) is 2. The molecule has 42 heavy (non-hydrogen) atoms. The normalized spacial score (nSPS) is 11.3. The first kappa shape index (κ1) is 23.8. The highest BCUT2D eigenvalue weighted by atomic mass is 15.1.